The molecule has 0 bridgehead atoms. The van der Waals surface area contributed by atoms with Crippen LogP contribution in [0.5, 0.6) is 5.75 Å². The van der Waals surface area contributed by atoms with Gasteiger partial charge in [0.25, 0.3) is 0 Å². The summed E-state index contributed by atoms with van der Waals surface area (Å²) in [5.74, 6) is 0.863. The Labute approximate surface area is 110 Å². The summed E-state index contributed by atoms with van der Waals surface area (Å²) < 4.78 is 5.67. The molecule has 0 radical (unpaired) electrons. The van der Waals surface area contributed by atoms with E-state index < -0.39 is 5.54 Å². The first-order chi connectivity index (χ1) is 8.37. The molecule has 0 aliphatic rings. The van der Waals surface area contributed by atoms with Gasteiger partial charge in [-0.05, 0) is 52.6 Å². The van der Waals surface area contributed by atoms with Crippen molar-refractivity contribution in [2.45, 2.75) is 38.8 Å². The fourth-order valence-electron chi connectivity index (χ4n) is 1.70. The van der Waals surface area contributed by atoms with E-state index in [0.29, 0.717) is 6.42 Å². The smallest absolute Gasteiger partial charge is 0.119 e. The minimum absolute atomic E-state index is 0.163. The van der Waals surface area contributed by atoms with Crippen LogP contribution in [-0.4, -0.2) is 30.6 Å². The lowest BCUT2D eigenvalue weighted by Gasteiger charge is -2.29. The van der Waals surface area contributed by atoms with Crippen LogP contribution in [0.1, 0.15) is 26.3 Å². The van der Waals surface area contributed by atoms with Crippen molar-refractivity contribution in [3.8, 4) is 11.8 Å². The Morgan fingerprint density at radius 2 is 2.06 bits per heavy atom. The average molecular weight is 246 g/mol. The SMILES string of the molecule is CC(C)Oc1cccc(CC(C)(C#N)N(C)C)c1. The van der Waals surface area contributed by atoms with Crippen LogP contribution in [0.2, 0.25) is 0 Å². The second-order valence-electron chi connectivity index (χ2n) is 5.27. The Balaban J connectivity index is 2.88. The molecule has 0 fully saturated rings. The number of nitriles is 1. The van der Waals surface area contributed by atoms with Gasteiger partial charge in [0.15, 0.2) is 0 Å². The molecule has 1 aromatic carbocycles. The quantitative estimate of drug-likeness (QED) is 0.801. The summed E-state index contributed by atoms with van der Waals surface area (Å²) in [6.07, 6.45) is 0.850. The molecule has 0 saturated carbocycles. The van der Waals surface area contributed by atoms with E-state index in [9.17, 15) is 5.26 Å². The standard InChI is InChI=1S/C15H22N2O/c1-12(2)18-14-8-6-7-13(9-14)10-15(3,11-16)17(4)5/h6-9,12H,10H2,1-5H3. The summed E-state index contributed by atoms with van der Waals surface area (Å²) in [5.41, 5.74) is 0.627. The second kappa shape index (κ2) is 5.88. The van der Waals surface area contributed by atoms with Crippen LogP contribution in [0, 0.1) is 11.3 Å². The monoisotopic (exact) mass is 246 g/mol. The fourth-order valence-corrected chi connectivity index (χ4v) is 1.70. The zero-order valence-corrected chi connectivity index (χ0v) is 11.9. The summed E-state index contributed by atoms with van der Waals surface area (Å²) in [6, 6.07) is 10.3. The van der Waals surface area contributed by atoms with Crippen molar-refractivity contribution in [2.75, 3.05) is 14.1 Å². The maximum absolute atomic E-state index is 9.31. The lowest BCUT2D eigenvalue weighted by molar-refractivity contribution is 0.233. The molecular weight excluding hydrogens is 224 g/mol. The van der Waals surface area contributed by atoms with E-state index in [4.69, 9.17) is 4.74 Å². The summed E-state index contributed by atoms with van der Waals surface area (Å²) >= 11 is 0. The van der Waals surface area contributed by atoms with Crippen molar-refractivity contribution >= 4 is 0 Å². The van der Waals surface area contributed by atoms with Crippen LogP contribution in [0.3, 0.4) is 0 Å². The van der Waals surface area contributed by atoms with E-state index in [0.717, 1.165) is 11.3 Å². The maximum atomic E-state index is 9.31. The molecule has 1 rings (SSSR count). The van der Waals surface area contributed by atoms with Crippen molar-refractivity contribution < 1.29 is 4.74 Å². The molecule has 3 nitrogen and oxygen atoms in total. The molecule has 1 aromatic rings. The molecule has 98 valence electrons. The fraction of sp³-hybridized carbons (Fsp3) is 0.533. The number of hydrogen-bond acceptors (Lipinski definition) is 3. The summed E-state index contributed by atoms with van der Waals surface area (Å²) in [4.78, 5) is 1.95. The first kappa shape index (κ1) is 14.5. The van der Waals surface area contributed by atoms with Crippen LogP contribution in [-0.2, 0) is 6.42 Å². The van der Waals surface area contributed by atoms with Gasteiger partial charge in [-0.15, -0.1) is 0 Å². The molecule has 0 saturated heterocycles. The second-order valence-corrected chi connectivity index (χ2v) is 5.27. The predicted octanol–water partition coefficient (Wildman–Crippen LogP) is 2.86. The van der Waals surface area contributed by atoms with Crippen LogP contribution >= 0.6 is 0 Å². The van der Waals surface area contributed by atoms with Gasteiger partial charge < -0.3 is 4.74 Å². The Morgan fingerprint density at radius 3 is 2.56 bits per heavy atom. The van der Waals surface area contributed by atoms with Crippen LogP contribution in [0.4, 0.5) is 0 Å². The number of likely N-dealkylation sites (N-methyl/N-ethyl adjacent to an activating group) is 1. The van der Waals surface area contributed by atoms with Gasteiger partial charge in [0.05, 0.1) is 12.2 Å². The number of benzene rings is 1. The third-order valence-electron chi connectivity index (χ3n) is 3.05. The summed E-state index contributed by atoms with van der Waals surface area (Å²) in [5, 5.41) is 9.31. The normalized spacial score (nSPS) is 14.3. The van der Waals surface area contributed by atoms with Crippen molar-refractivity contribution in [3.05, 3.63) is 29.8 Å². The lowest BCUT2D eigenvalue weighted by Crippen LogP contribution is -2.41. The van der Waals surface area contributed by atoms with Crippen molar-refractivity contribution in [1.29, 1.82) is 5.26 Å². The van der Waals surface area contributed by atoms with Gasteiger partial charge in [0, 0.05) is 6.42 Å². The molecule has 0 heterocycles. The maximum Gasteiger partial charge on any atom is 0.119 e. The molecule has 1 unspecified atom stereocenters. The minimum Gasteiger partial charge on any atom is -0.491 e. The summed E-state index contributed by atoms with van der Waals surface area (Å²) in [6.45, 7) is 5.96. The molecule has 0 aliphatic heterocycles. The average Bonchev–Trinajstić information content (AvgIpc) is 2.28. The highest BCUT2D eigenvalue weighted by Crippen LogP contribution is 2.21. The van der Waals surface area contributed by atoms with Crippen molar-refractivity contribution in [1.82, 2.24) is 4.90 Å². The Hall–Kier alpha value is -1.53. The van der Waals surface area contributed by atoms with Crippen LogP contribution in [0.15, 0.2) is 24.3 Å². The van der Waals surface area contributed by atoms with Gasteiger partial charge in [-0.2, -0.15) is 5.26 Å². The van der Waals surface area contributed by atoms with E-state index in [2.05, 4.69) is 6.07 Å². The lowest BCUT2D eigenvalue weighted by atomic mass is 9.93. The molecule has 1 atom stereocenters. The molecular formula is C15H22N2O. The third-order valence-corrected chi connectivity index (χ3v) is 3.05. The highest BCUT2D eigenvalue weighted by atomic mass is 16.5. The molecule has 0 aliphatic carbocycles. The number of rotatable bonds is 5. The third kappa shape index (κ3) is 3.75. The van der Waals surface area contributed by atoms with E-state index >= 15 is 0 Å². The van der Waals surface area contributed by atoms with E-state index in [1.54, 1.807) is 0 Å². The van der Waals surface area contributed by atoms with Crippen molar-refractivity contribution in [2.24, 2.45) is 0 Å². The van der Waals surface area contributed by atoms with E-state index in [1.165, 1.54) is 0 Å². The molecule has 0 amide bonds. The van der Waals surface area contributed by atoms with Crippen LogP contribution in [0.25, 0.3) is 0 Å². The number of ether oxygens (including phenoxy) is 1. The zero-order valence-electron chi connectivity index (χ0n) is 11.9. The van der Waals surface area contributed by atoms with Crippen molar-refractivity contribution in [3.63, 3.8) is 0 Å². The Kier molecular flexibility index (Phi) is 4.75. The van der Waals surface area contributed by atoms with E-state index in [1.807, 2.05) is 64.0 Å². The molecule has 0 N–H and O–H groups in total. The van der Waals surface area contributed by atoms with Gasteiger partial charge in [0.1, 0.15) is 11.3 Å². The zero-order chi connectivity index (χ0) is 13.8. The van der Waals surface area contributed by atoms with Gasteiger partial charge in [-0.1, -0.05) is 12.1 Å². The Bertz CT molecular complexity index is 434. The molecule has 3 heteroatoms. The summed E-state index contributed by atoms with van der Waals surface area (Å²) in [7, 11) is 3.86. The first-order valence-electron chi connectivity index (χ1n) is 6.21. The highest BCUT2D eigenvalue weighted by Gasteiger charge is 2.26. The number of nitrogens with zero attached hydrogens (tertiary/aromatic N) is 2. The predicted molar refractivity (Wildman–Crippen MR) is 73.6 cm³/mol. The van der Waals surface area contributed by atoms with Gasteiger partial charge in [-0.25, -0.2) is 0 Å². The van der Waals surface area contributed by atoms with Gasteiger partial charge in [-0.3, -0.25) is 4.90 Å². The van der Waals surface area contributed by atoms with Crippen LogP contribution < -0.4 is 4.74 Å². The highest BCUT2D eigenvalue weighted by molar-refractivity contribution is 5.31. The molecule has 0 aromatic heterocycles. The number of hydrogen-bond donors (Lipinski definition) is 0. The van der Waals surface area contributed by atoms with Gasteiger partial charge >= 0.3 is 0 Å². The molecule has 18 heavy (non-hydrogen) atoms. The van der Waals surface area contributed by atoms with E-state index in [-0.39, 0.29) is 6.10 Å². The largest absolute Gasteiger partial charge is 0.491 e. The minimum atomic E-state index is -0.490. The first-order valence-corrected chi connectivity index (χ1v) is 6.21. The topological polar surface area (TPSA) is 36.3 Å². The van der Waals surface area contributed by atoms with Gasteiger partial charge in [0.2, 0.25) is 0 Å². The Morgan fingerprint density at radius 1 is 1.39 bits per heavy atom. The molecule has 0 spiro atoms.